The predicted octanol–water partition coefficient (Wildman–Crippen LogP) is 2.84. The third-order valence-electron chi connectivity index (χ3n) is 2.51. The van der Waals surface area contributed by atoms with Gasteiger partial charge in [-0.1, -0.05) is 18.5 Å². The average molecular weight is 267 g/mol. The molecule has 0 bridgehead atoms. The maximum absolute atomic E-state index is 12.1. The number of hydrogen-bond acceptors (Lipinski definition) is 2. The third-order valence-corrected chi connectivity index (χ3v) is 2.71. The molecule has 0 aliphatic rings. The minimum atomic E-state index is -0.207. The number of hydrogen-bond donors (Lipinski definition) is 2. The molecule has 2 aromatic rings. The lowest BCUT2D eigenvalue weighted by molar-refractivity contribution is 0.101. The van der Waals surface area contributed by atoms with Gasteiger partial charge in [0.05, 0.1) is 5.02 Å². The number of H-pyrrole nitrogens is 1. The highest BCUT2D eigenvalue weighted by atomic mass is 35.5. The molecule has 96 valence electrons. The van der Waals surface area contributed by atoms with E-state index in [0.717, 1.165) is 18.7 Å². The van der Waals surface area contributed by atoms with Gasteiger partial charge in [-0.2, -0.15) is 5.10 Å². The molecule has 6 heteroatoms. The fourth-order valence-corrected chi connectivity index (χ4v) is 1.97. The SMILES string of the molecule is CCCn1cc(Cl)cc1C(=O)Nc1cc(C)[nH]n1. The Morgan fingerprint density at radius 3 is 2.94 bits per heavy atom. The van der Waals surface area contributed by atoms with Crippen molar-refractivity contribution in [2.45, 2.75) is 26.8 Å². The molecule has 2 heterocycles. The molecule has 0 aromatic carbocycles. The molecule has 5 nitrogen and oxygen atoms in total. The van der Waals surface area contributed by atoms with Gasteiger partial charge in [-0.15, -0.1) is 0 Å². The van der Waals surface area contributed by atoms with Gasteiger partial charge in [0.25, 0.3) is 5.91 Å². The normalized spacial score (nSPS) is 10.6. The molecule has 0 aliphatic carbocycles. The van der Waals surface area contributed by atoms with Crippen LogP contribution in [-0.4, -0.2) is 20.7 Å². The van der Waals surface area contributed by atoms with E-state index < -0.39 is 0 Å². The number of nitrogens with zero attached hydrogens (tertiary/aromatic N) is 2. The number of aryl methyl sites for hydroxylation is 2. The first-order valence-electron chi connectivity index (χ1n) is 5.79. The van der Waals surface area contributed by atoms with Crippen LogP contribution in [0.5, 0.6) is 0 Å². The summed E-state index contributed by atoms with van der Waals surface area (Å²) in [5, 5.41) is 10.0. The predicted molar refractivity (Wildman–Crippen MR) is 71.0 cm³/mol. The van der Waals surface area contributed by atoms with E-state index in [0.29, 0.717) is 16.5 Å². The van der Waals surface area contributed by atoms with Gasteiger partial charge in [-0.05, 0) is 19.4 Å². The van der Waals surface area contributed by atoms with Gasteiger partial charge < -0.3 is 9.88 Å². The zero-order valence-corrected chi connectivity index (χ0v) is 11.1. The quantitative estimate of drug-likeness (QED) is 0.894. The van der Waals surface area contributed by atoms with Gasteiger partial charge in [0.15, 0.2) is 5.82 Å². The van der Waals surface area contributed by atoms with Crippen molar-refractivity contribution in [3.63, 3.8) is 0 Å². The van der Waals surface area contributed by atoms with Crippen molar-refractivity contribution in [2.24, 2.45) is 0 Å². The summed E-state index contributed by atoms with van der Waals surface area (Å²) in [6.07, 6.45) is 2.70. The molecule has 0 aliphatic heterocycles. The fourth-order valence-electron chi connectivity index (χ4n) is 1.75. The zero-order valence-electron chi connectivity index (χ0n) is 10.3. The number of anilines is 1. The Kier molecular flexibility index (Phi) is 3.72. The third kappa shape index (κ3) is 2.73. The lowest BCUT2D eigenvalue weighted by Crippen LogP contribution is -2.17. The van der Waals surface area contributed by atoms with Crippen molar-refractivity contribution in [3.05, 3.63) is 34.7 Å². The molecule has 2 aromatic heterocycles. The van der Waals surface area contributed by atoms with Crippen LogP contribution in [0.3, 0.4) is 0 Å². The first kappa shape index (κ1) is 12.7. The maximum Gasteiger partial charge on any atom is 0.273 e. The van der Waals surface area contributed by atoms with Crippen molar-refractivity contribution < 1.29 is 4.79 Å². The summed E-state index contributed by atoms with van der Waals surface area (Å²) in [6.45, 7) is 4.68. The van der Waals surface area contributed by atoms with Crippen LogP contribution in [0.25, 0.3) is 0 Å². The number of rotatable bonds is 4. The minimum absolute atomic E-state index is 0.207. The van der Waals surface area contributed by atoms with E-state index in [1.165, 1.54) is 0 Å². The summed E-state index contributed by atoms with van der Waals surface area (Å²) >= 11 is 5.93. The topological polar surface area (TPSA) is 62.7 Å². The van der Waals surface area contributed by atoms with Crippen molar-refractivity contribution in [2.75, 3.05) is 5.32 Å². The van der Waals surface area contributed by atoms with Crippen LogP contribution in [0.15, 0.2) is 18.3 Å². The molecule has 2 N–H and O–H groups in total. The Bertz CT molecular complexity index is 558. The summed E-state index contributed by atoms with van der Waals surface area (Å²) < 4.78 is 1.84. The standard InChI is InChI=1S/C12H15ClN4O/c1-3-4-17-7-9(13)6-10(17)12(18)14-11-5-8(2)15-16-11/h5-7H,3-4H2,1-2H3,(H2,14,15,16,18). The Morgan fingerprint density at radius 1 is 1.56 bits per heavy atom. The molecule has 2 rings (SSSR count). The molecular formula is C12H15ClN4O. The first-order valence-corrected chi connectivity index (χ1v) is 6.17. The molecule has 0 saturated carbocycles. The molecule has 0 radical (unpaired) electrons. The second-order valence-electron chi connectivity index (χ2n) is 4.13. The van der Waals surface area contributed by atoms with Crippen LogP contribution in [0, 0.1) is 6.92 Å². The second-order valence-corrected chi connectivity index (χ2v) is 4.56. The van der Waals surface area contributed by atoms with E-state index in [1.807, 2.05) is 18.4 Å². The van der Waals surface area contributed by atoms with Crippen molar-refractivity contribution in [3.8, 4) is 0 Å². The number of halogens is 1. The number of aromatic nitrogens is 3. The Morgan fingerprint density at radius 2 is 2.33 bits per heavy atom. The van der Waals surface area contributed by atoms with E-state index in [1.54, 1.807) is 18.3 Å². The molecule has 0 saturated heterocycles. The highest BCUT2D eigenvalue weighted by Crippen LogP contribution is 2.16. The van der Waals surface area contributed by atoms with E-state index in [2.05, 4.69) is 15.5 Å². The lowest BCUT2D eigenvalue weighted by Gasteiger charge is -2.06. The summed E-state index contributed by atoms with van der Waals surface area (Å²) in [6, 6.07) is 3.43. The van der Waals surface area contributed by atoms with Crippen LogP contribution in [-0.2, 0) is 6.54 Å². The highest BCUT2D eigenvalue weighted by Gasteiger charge is 2.14. The van der Waals surface area contributed by atoms with E-state index in [-0.39, 0.29) is 5.91 Å². The molecule has 0 spiro atoms. The molecular weight excluding hydrogens is 252 g/mol. The summed E-state index contributed by atoms with van der Waals surface area (Å²) in [4.78, 5) is 12.1. The number of nitrogens with one attached hydrogen (secondary N) is 2. The van der Waals surface area contributed by atoms with Gasteiger partial charge in [0, 0.05) is 24.5 Å². The molecule has 0 unspecified atom stereocenters. The van der Waals surface area contributed by atoms with Crippen LogP contribution in [0.1, 0.15) is 29.5 Å². The summed E-state index contributed by atoms with van der Waals surface area (Å²) in [5.41, 5.74) is 1.44. The largest absolute Gasteiger partial charge is 0.342 e. The molecule has 18 heavy (non-hydrogen) atoms. The van der Waals surface area contributed by atoms with E-state index in [4.69, 9.17) is 11.6 Å². The Balaban J connectivity index is 2.17. The number of carbonyl (C=O) groups excluding carboxylic acids is 1. The molecule has 0 fully saturated rings. The minimum Gasteiger partial charge on any atom is -0.342 e. The summed E-state index contributed by atoms with van der Waals surface area (Å²) in [7, 11) is 0. The van der Waals surface area contributed by atoms with Crippen molar-refractivity contribution in [1.29, 1.82) is 0 Å². The smallest absolute Gasteiger partial charge is 0.273 e. The monoisotopic (exact) mass is 266 g/mol. The van der Waals surface area contributed by atoms with E-state index >= 15 is 0 Å². The van der Waals surface area contributed by atoms with Gasteiger partial charge in [-0.3, -0.25) is 9.89 Å². The van der Waals surface area contributed by atoms with Gasteiger partial charge in [0.2, 0.25) is 0 Å². The number of amides is 1. The van der Waals surface area contributed by atoms with Crippen LogP contribution >= 0.6 is 11.6 Å². The second kappa shape index (κ2) is 5.27. The Labute approximate surface area is 110 Å². The number of aromatic amines is 1. The number of carbonyl (C=O) groups is 1. The zero-order chi connectivity index (χ0) is 13.1. The van der Waals surface area contributed by atoms with Crippen LogP contribution in [0.2, 0.25) is 5.02 Å². The van der Waals surface area contributed by atoms with Crippen molar-refractivity contribution in [1.82, 2.24) is 14.8 Å². The highest BCUT2D eigenvalue weighted by molar-refractivity contribution is 6.31. The van der Waals surface area contributed by atoms with Gasteiger partial charge in [0.1, 0.15) is 5.69 Å². The van der Waals surface area contributed by atoms with Gasteiger partial charge in [-0.25, -0.2) is 0 Å². The summed E-state index contributed by atoms with van der Waals surface area (Å²) in [5.74, 6) is 0.305. The molecule has 0 atom stereocenters. The van der Waals surface area contributed by atoms with Gasteiger partial charge >= 0.3 is 0 Å². The first-order chi connectivity index (χ1) is 8.60. The van der Waals surface area contributed by atoms with Crippen molar-refractivity contribution >= 4 is 23.3 Å². The van der Waals surface area contributed by atoms with Crippen LogP contribution < -0.4 is 5.32 Å². The fraction of sp³-hybridized carbons (Fsp3) is 0.333. The maximum atomic E-state index is 12.1. The average Bonchev–Trinajstić information content (AvgIpc) is 2.86. The molecule has 1 amide bonds. The van der Waals surface area contributed by atoms with Crippen LogP contribution in [0.4, 0.5) is 5.82 Å². The van der Waals surface area contributed by atoms with E-state index in [9.17, 15) is 4.79 Å². The lowest BCUT2D eigenvalue weighted by atomic mass is 10.3. The Hall–Kier alpha value is -1.75.